The molecule has 0 aliphatic carbocycles. The molecule has 0 unspecified atom stereocenters. The number of aromatic nitrogens is 5. The Morgan fingerprint density at radius 1 is 0.966 bits per heavy atom. The van der Waals surface area contributed by atoms with Crippen LogP contribution >= 0.6 is 0 Å². The minimum absolute atomic E-state index is 0.180. The van der Waals surface area contributed by atoms with Crippen LogP contribution in [0.15, 0.2) is 55.1 Å². The first-order chi connectivity index (χ1) is 14.3. The van der Waals surface area contributed by atoms with Gasteiger partial charge in [0, 0.05) is 19.3 Å². The predicted octanol–water partition coefficient (Wildman–Crippen LogP) is 2.91. The molecule has 5 heterocycles. The summed E-state index contributed by atoms with van der Waals surface area (Å²) in [6, 6.07) is 9.42. The van der Waals surface area contributed by atoms with Gasteiger partial charge in [0.2, 0.25) is 5.95 Å². The van der Waals surface area contributed by atoms with E-state index in [4.69, 9.17) is 4.74 Å². The predicted molar refractivity (Wildman–Crippen MR) is 107 cm³/mol. The topological polar surface area (TPSA) is 80.5 Å². The molecule has 0 radical (unpaired) electrons. The van der Waals surface area contributed by atoms with E-state index in [0.717, 1.165) is 36.4 Å². The summed E-state index contributed by atoms with van der Waals surface area (Å²) in [6.07, 6.45) is 6.29. The zero-order valence-electron chi connectivity index (χ0n) is 15.5. The molecule has 1 fully saturated rings. The van der Waals surface area contributed by atoms with Crippen LogP contribution in [0.25, 0.3) is 17.0 Å². The first-order valence-electron chi connectivity index (χ1n) is 9.29. The molecule has 9 heteroatoms. The van der Waals surface area contributed by atoms with Gasteiger partial charge in [-0.05, 0) is 24.3 Å². The molecule has 4 aromatic heterocycles. The highest BCUT2D eigenvalue weighted by molar-refractivity contribution is 5.63. The zero-order chi connectivity index (χ0) is 19.6. The molecule has 0 spiro atoms. The highest BCUT2D eigenvalue weighted by Gasteiger charge is 2.15. The average Bonchev–Trinajstić information content (AvgIpc) is 3.20. The molecule has 4 aromatic rings. The van der Waals surface area contributed by atoms with Crippen LogP contribution in [0.5, 0.6) is 0 Å². The van der Waals surface area contributed by atoms with Crippen molar-refractivity contribution in [2.75, 3.05) is 36.5 Å². The second kappa shape index (κ2) is 7.44. The number of imidazole rings is 1. The Bertz CT molecular complexity index is 1140. The van der Waals surface area contributed by atoms with E-state index in [1.807, 2.05) is 36.5 Å². The minimum atomic E-state index is -0.512. The minimum Gasteiger partial charge on any atom is -0.378 e. The van der Waals surface area contributed by atoms with Crippen molar-refractivity contribution in [3.05, 3.63) is 60.9 Å². The van der Waals surface area contributed by atoms with Crippen molar-refractivity contribution in [3.8, 4) is 11.4 Å². The van der Waals surface area contributed by atoms with E-state index in [0.29, 0.717) is 18.9 Å². The summed E-state index contributed by atoms with van der Waals surface area (Å²) in [5.41, 5.74) is 2.18. The fourth-order valence-electron chi connectivity index (χ4n) is 3.28. The lowest BCUT2D eigenvalue weighted by Gasteiger charge is -2.27. The smallest absolute Gasteiger partial charge is 0.228 e. The monoisotopic (exact) mass is 391 g/mol. The molecule has 0 atom stereocenters. The van der Waals surface area contributed by atoms with Crippen molar-refractivity contribution in [2.45, 2.75) is 0 Å². The quantitative estimate of drug-likeness (QED) is 0.573. The highest BCUT2D eigenvalue weighted by Crippen LogP contribution is 2.24. The Morgan fingerprint density at radius 3 is 2.69 bits per heavy atom. The molecule has 0 aromatic carbocycles. The molecule has 0 amide bonds. The number of anilines is 3. The molecular formula is C20H18FN7O. The second-order valence-electron chi connectivity index (χ2n) is 6.59. The third-order valence-corrected chi connectivity index (χ3v) is 4.74. The van der Waals surface area contributed by atoms with Crippen LogP contribution in [0.1, 0.15) is 0 Å². The molecule has 0 bridgehead atoms. The van der Waals surface area contributed by atoms with Crippen molar-refractivity contribution in [1.82, 2.24) is 24.3 Å². The number of rotatable bonds is 4. The van der Waals surface area contributed by atoms with Crippen LogP contribution in [0, 0.1) is 5.82 Å². The lowest BCUT2D eigenvalue weighted by atomic mass is 10.3. The summed E-state index contributed by atoms with van der Waals surface area (Å²) in [5.74, 6) is 0.667. The van der Waals surface area contributed by atoms with E-state index in [-0.39, 0.29) is 11.6 Å². The Labute approximate surface area is 166 Å². The summed E-state index contributed by atoms with van der Waals surface area (Å²) in [4.78, 5) is 19.4. The standard InChI is InChI=1S/C20H18FN7O/c21-15-12-24-20(26-19(15)16-13-23-18-3-1-2-6-28(16)18)25-14-4-5-17(22-11-14)27-7-9-29-10-8-27/h1-6,11-13H,7-10H2,(H,24,25,26). The van der Waals surface area contributed by atoms with Gasteiger partial charge in [0.1, 0.15) is 17.2 Å². The van der Waals surface area contributed by atoms with Gasteiger partial charge in [-0.1, -0.05) is 6.07 Å². The number of morpholine rings is 1. The van der Waals surface area contributed by atoms with Crippen molar-refractivity contribution in [3.63, 3.8) is 0 Å². The van der Waals surface area contributed by atoms with E-state index in [1.54, 1.807) is 16.8 Å². The number of ether oxygens (including phenoxy) is 1. The number of nitrogens with zero attached hydrogens (tertiary/aromatic N) is 6. The molecule has 29 heavy (non-hydrogen) atoms. The molecule has 146 valence electrons. The molecule has 1 aliphatic heterocycles. The van der Waals surface area contributed by atoms with E-state index < -0.39 is 5.82 Å². The highest BCUT2D eigenvalue weighted by atomic mass is 19.1. The summed E-state index contributed by atoms with van der Waals surface area (Å²) in [6.45, 7) is 3.06. The fourth-order valence-corrected chi connectivity index (χ4v) is 3.28. The fraction of sp³-hybridized carbons (Fsp3) is 0.200. The van der Waals surface area contributed by atoms with Gasteiger partial charge in [-0.25, -0.2) is 24.3 Å². The number of pyridine rings is 2. The van der Waals surface area contributed by atoms with E-state index in [1.165, 1.54) is 0 Å². The van der Waals surface area contributed by atoms with Gasteiger partial charge < -0.3 is 15.0 Å². The van der Waals surface area contributed by atoms with Crippen molar-refractivity contribution in [2.24, 2.45) is 0 Å². The average molecular weight is 391 g/mol. The molecular weight excluding hydrogens is 373 g/mol. The van der Waals surface area contributed by atoms with Gasteiger partial charge in [0.15, 0.2) is 5.82 Å². The van der Waals surface area contributed by atoms with Gasteiger partial charge >= 0.3 is 0 Å². The molecule has 8 nitrogen and oxygen atoms in total. The van der Waals surface area contributed by atoms with Gasteiger partial charge in [-0.3, -0.25) is 4.40 Å². The second-order valence-corrected chi connectivity index (χ2v) is 6.59. The van der Waals surface area contributed by atoms with Crippen LogP contribution in [0.2, 0.25) is 0 Å². The summed E-state index contributed by atoms with van der Waals surface area (Å²) < 4.78 is 21.6. The van der Waals surface area contributed by atoms with Crippen LogP contribution in [-0.2, 0) is 4.74 Å². The number of hydrogen-bond donors (Lipinski definition) is 1. The summed E-state index contributed by atoms with van der Waals surface area (Å²) in [7, 11) is 0. The van der Waals surface area contributed by atoms with E-state index in [9.17, 15) is 4.39 Å². The Morgan fingerprint density at radius 2 is 1.86 bits per heavy atom. The first kappa shape index (κ1) is 17.5. The molecule has 0 saturated carbocycles. The van der Waals surface area contributed by atoms with Crippen LogP contribution in [0.4, 0.5) is 21.8 Å². The van der Waals surface area contributed by atoms with Gasteiger partial charge in [0.25, 0.3) is 0 Å². The van der Waals surface area contributed by atoms with Gasteiger partial charge in [-0.15, -0.1) is 0 Å². The van der Waals surface area contributed by atoms with Crippen molar-refractivity contribution in [1.29, 1.82) is 0 Å². The molecule has 1 aliphatic rings. The van der Waals surface area contributed by atoms with Gasteiger partial charge in [0.05, 0.1) is 43.2 Å². The normalized spacial score (nSPS) is 14.3. The zero-order valence-corrected chi connectivity index (χ0v) is 15.5. The lowest BCUT2D eigenvalue weighted by molar-refractivity contribution is 0.122. The van der Waals surface area contributed by atoms with Crippen molar-refractivity contribution < 1.29 is 9.13 Å². The Hall–Kier alpha value is -3.59. The van der Waals surface area contributed by atoms with Gasteiger partial charge in [-0.2, -0.15) is 0 Å². The van der Waals surface area contributed by atoms with Crippen molar-refractivity contribution >= 4 is 23.1 Å². The molecule has 1 saturated heterocycles. The Kier molecular flexibility index (Phi) is 4.49. The van der Waals surface area contributed by atoms with E-state index >= 15 is 0 Å². The third-order valence-electron chi connectivity index (χ3n) is 4.74. The maximum atomic E-state index is 14.4. The number of nitrogens with one attached hydrogen (secondary N) is 1. The molecule has 5 rings (SSSR count). The number of halogens is 1. The summed E-state index contributed by atoms with van der Waals surface area (Å²) in [5, 5.41) is 3.09. The number of fused-ring (bicyclic) bond motifs is 1. The summed E-state index contributed by atoms with van der Waals surface area (Å²) >= 11 is 0. The largest absolute Gasteiger partial charge is 0.378 e. The lowest BCUT2D eigenvalue weighted by Crippen LogP contribution is -2.36. The van der Waals surface area contributed by atoms with Crippen LogP contribution < -0.4 is 10.2 Å². The first-order valence-corrected chi connectivity index (χ1v) is 9.29. The van der Waals surface area contributed by atoms with Crippen LogP contribution in [0.3, 0.4) is 0 Å². The Balaban J connectivity index is 1.40. The number of hydrogen-bond acceptors (Lipinski definition) is 7. The van der Waals surface area contributed by atoms with Crippen LogP contribution in [-0.4, -0.2) is 50.6 Å². The SMILES string of the molecule is Fc1cnc(Nc2ccc(N3CCOCC3)nc2)nc1-c1cnc2ccccn12. The maximum absolute atomic E-state index is 14.4. The van der Waals surface area contributed by atoms with E-state index in [2.05, 4.69) is 30.2 Å². The molecule has 1 N–H and O–H groups in total. The third kappa shape index (κ3) is 3.47. The maximum Gasteiger partial charge on any atom is 0.228 e.